The standard InChI is InChI=1S/C13H20N2O4S/c1-13(2,3)19-12(16)14-10-6-8-11(9-7-10)15(4)20(5,17)18/h6-9H,1-5H3,(H,14,16). The highest BCUT2D eigenvalue weighted by molar-refractivity contribution is 7.92. The third-order valence-corrected chi connectivity index (χ3v) is 3.58. The molecule has 1 aromatic carbocycles. The zero-order valence-electron chi connectivity index (χ0n) is 12.3. The van der Waals surface area contributed by atoms with Crippen molar-refractivity contribution in [2.75, 3.05) is 22.9 Å². The van der Waals surface area contributed by atoms with Crippen molar-refractivity contribution in [1.82, 2.24) is 0 Å². The second-order valence-electron chi connectivity index (χ2n) is 5.40. The third-order valence-electron chi connectivity index (χ3n) is 2.37. The van der Waals surface area contributed by atoms with Gasteiger partial charge in [0.2, 0.25) is 10.0 Å². The first-order valence-corrected chi connectivity index (χ1v) is 7.88. The molecule has 1 amide bonds. The number of carbonyl (C=O) groups is 1. The van der Waals surface area contributed by atoms with Crippen LogP contribution in [0.3, 0.4) is 0 Å². The van der Waals surface area contributed by atoms with Gasteiger partial charge in [-0.25, -0.2) is 13.2 Å². The fraction of sp³-hybridized carbons (Fsp3) is 0.462. The van der Waals surface area contributed by atoms with Crippen LogP contribution in [0.4, 0.5) is 16.2 Å². The van der Waals surface area contributed by atoms with Crippen LogP contribution >= 0.6 is 0 Å². The van der Waals surface area contributed by atoms with Crippen LogP contribution in [-0.4, -0.2) is 33.4 Å². The highest BCUT2D eigenvalue weighted by atomic mass is 32.2. The fourth-order valence-electron chi connectivity index (χ4n) is 1.37. The average Bonchev–Trinajstić information content (AvgIpc) is 2.25. The Balaban J connectivity index is 2.75. The molecule has 20 heavy (non-hydrogen) atoms. The Bertz CT molecular complexity index is 573. The quantitative estimate of drug-likeness (QED) is 0.930. The molecule has 7 heteroatoms. The number of amides is 1. The van der Waals surface area contributed by atoms with E-state index in [1.807, 2.05) is 0 Å². The molecule has 0 spiro atoms. The maximum Gasteiger partial charge on any atom is 0.412 e. The van der Waals surface area contributed by atoms with E-state index in [4.69, 9.17) is 4.74 Å². The minimum absolute atomic E-state index is 0.516. The van der Waals surface area contributed by atoms with Crippen LogP contribution in [0.2, 0.25) is 0 Å². The van der Waals surface area contributed by atoms with E-state index in [-0.39, 0.29) is 0 Å². The number of rotatable bonds is 3. The van der Waals surface area contributed by atoms with E-state index in [0.717, 1.165) is 10.6 Å². The summed E-state index contributed by atoms with van der Waals surface area (Å²) >= 11 is 0. The Morgan fingerprint density at radius 3 is 2.10 bits per heavy atom. The molecule has 1 N–H and O–H groups in total. The van der Waals surface area contributed by atoms with Gasteiger partial charge in [0.05, 0.1) is 11.9 Å². The molecule has 1 rings (SSSR count). The summed E-state index contributed by atoms with van der Waals surface area (Å²) in [6.45, 7) is 5.32. The first-order valence-electron chi connectivity index (χ1n) is 6.03. The molecule has 0 atom stereocenters. The molecule has 0 unspecified atom stereocenters. The van der Waals surface area contributed by atoms with Gasteiger partial charge in [-0.2, -0.15) is 0 Å². The van der Waals surface area contributed by atoms with Gasteiger partial charge in [-0.15, -0.1) is 0 Å². The smallest absolute Gasteiger partial charge is 0.412 e. The number of nitrogens with one attached hydrogen (secondary N) is 1. The largest absolute Gasteiger partial charge is 0.444 e. The Labute approximate surface area is 119 Å². The summed E-state index contributed by atoms with van der Waals surface area (Å²) in [6.07, 6.45) is 0.571. The summed E-state index contributed by atoms with van der Waals surface area (Å²) in [4.78, 5) is 11.6. The van der Waals surface area contributed by atoms with Gasteiger partial charge in [0.25, 0.3) is 0 Å². The van der Waals surface area contributed by atoms with Gasteiger partial charge >= 0.3 is 6.09 Å². The lowest BCUT2D eigenvalue weighted by Gasteiger charge is -2.20. The molecule has 0 aliphatic heterocycles. The van der Waals surface area contributed by atoms with Crippen LogP contribution in [0.5, 0.6) is 0 Å². The maximum atomic E-state index is 11.6. The number of sulfonamides is 1. The SMILES string of the molecule is CN(c1ccc(NC(=O)OC(C)(C)C)cc1)S(C)(=O)=O. The molecule has 0 saturated heterocycles. The second kappa shape index (κ2) is 5.70. The van der Waals surface area contributed by atoms with Crippen molar-refractivity contribution in [1.29, 1.82) is 0 Å². The first-order chi connectivity index (χ1) is 8.99. The molecule has 0 heterocycles. The number of nitrogens with zero attached hydrogens (tertiary/aromatic N) is 1. The molecule has 0 aromatic heterocycles. The van der Waals surface area contributed by atoms with Gasteiger partial charge in [-0.3, -0.25) is 9.62 Å². The van der Waals surface area contributed by atoms with Crippen molar-refractivity contribution in [3.63, 3.8) is 0 Å². The summed E-state index contributed by atoms with van der Waals surface area (Å²) in [6, 6.07) is 6.43. The number of anilines is 2. The van der Waals surface area contributed by atoms with Crippen molar-refractivity contribution >= 4 is 27.5 Å². The van der Waals surface area contributed by atoms with E-state index < -0.39 is 21.7 Å². The highest BCUT2D eigenvalue weighted by Gasteiger charge is 2.16. The van der Waals surface area contributed by atoms with Crippen LogP contribution in [-0.2, 0) is 14.8 Å². The lowest BCUT2D eigenvalue weighted by atomic mass is 10.2. The lowest BCUT2D eigenvalue weighted by molar-refractivity contribution is 0.0636. The monoisotopic (exact) mass is 300 g/mol. The predicted octanol–water partition coefficient (Wildman–Crippen LogP) is 2.43. The Kier molecular flexibility index (Phi) is 4.65. The number of benzene rings is 1. The van der Waals surface area contributed by atoms with Crippen molar-refractivity contribution in [3.05, 3.63) is 24.3 Å². The van der Waals surface area contributed by atoms with E-state index in [1.54, 1.807) is 45.0 Å². The van der Waals surface area contributed by atoms with Crippen molar-refractivity contribution in [2.45, 2.75) is 26.4 Å². The van der Waals surface area contributed by atoms with Gasteiger partial charge < -0.3 is 4.74 Å². The average molecular weight is 300 g/mol. The van der Waals surface area contributed by atoms with Crippen molar-refractivity contribution in [3.8, 4) is 0 Å². The zero-order valence-corrected chi connectivity index (χ0v) is 13.1. The van der Waals surface area contributed by atoms with Crippen LogP contribution < -0.4 is 9.62 Å². The minimum Gasteiger partial charge on any atom is -0.444 e. The van der Waals surface area contributed by atoms with Gasteiger partial charge in [-0.1, -0.05) is 0 Å². The maximum absolute atomic E-state index is 11.6. The van der Waals surface area contributed by atoms with Gasteiger partial charge in [0.15, 0.2) is 0 Å². The van der Waals surface area contributed by atoms with E-state index in [0.29, 0.717) is 11.4 Å². The molecule has 6 nitrogen and oxygen atoms in total. The van der Waals surface area contributed by atoms with E-state index in [9.17, 15) is 13.2 Å². The topological polar surface area (TPSA) is 75.7 Å². The summed E-state index contributed by atoms with van der Waals surface area (Å²) in [5, 5.41) is 2.57. The van der Waals surface area contributed by atoms with Crippen LogP contribution in [0, 0.1) is 0 Å². The summed E-state index contributed by atoms with van der Waals surface area (Å²) in [5.41, 5.74) is 0.479. The third kappa shape index (κ3) is 5.08. The van der Waals surface area contributed by atoms with Crippen LogP contribution in [0.1, 0.15) is 20.8 Å². The molecule has 0 aliphatic carbocycles. The van der Waals surface area contributed by atoms with Crippen LogP contribution in [0.15, 0.2) is 24.3 Å². The molecular formula is C13H20N2O4S. The number of carbonyl (C=O) groups excluding carboxylic acids is 1. The van der Waals surface area contributed by atoms with Crippen molar-refractivity contribution in [2.24, 2.45) is 0 Å². The number of ether oxygens (including phenoxy) is 1. The molecule has 0 bridgehead atoms. The lowest BCUT2D eigenvalue weighted by Crippen LogP contribution is -2.27. The predicted molar refractivity (Wildman–Crippen MR) is 79.5 cm³/mol. The zero-order chi connectivity index (χ0) is 15.6. The van der Waals surface area contributed by atoms with E-state index >= 15 is 0 Å². The summed E-state index contributed by atoms with van der Waals surface area (Å²) in [5.74, 6) is 0. The minimum atomic E-state index is -3.29. The molecule has 112 valence electrons. The summed E-state index contributed by atoms with van der Waals surface area (Å²) < 4.78 is 29.0. The van der Waals surface area contributed by atoms with E-state index in [2.05, 4.69) is 5.32 Å². The molecule has 0 fully saturated rings. The van der Waals surface area contributed by atoms with Gasteiger partial charge in [0.1, 0.15) is 5.60 Å². The van der Waals surface area contributed by atoms with Gasteiger partial charge in [0, 0.05) is 12.7 Å². The molecular weight excluding hydrogens is 280 g/mol. The normalized spacial score (nSPS) is 11.8. The molecule has 1 aromatic rings. The van der Waals surface area contributed by atoms with Crippen LogP contribution in [0.25, 0.3) is 0 Å². The Morgan fingerprint density at radius 2 is 1.70 bits per heavy atom. The van der Waals surface area contributed by atoms with E-state index in [1.165, 1.54) is 7.05 Å². The molecule has 0 radical (unpaired) electrons. The second-order valence-corrected chi connectivity index (χ2v) is 7.42. The Morgan fingerprint density at radius 1 is 1.20 bits per heavy atom. The molecule has 0 aliphatic rings. The molecule has 0 saturated carbocycles. The number of hydrogen-bond donors (Lipinski definition) is 1. The highest BCUT2D eigenvalue weighted by Crippen LogP contribution is 2.19. The Hall–Kier alpha value is -1.76. The summed E-state index contributed by atoms with van der Waals surface area (Å²) in [7, 11) is -1.83. The van der Waals surface area contributed by atoms with Gasteiger partial charge in [-0.05, 0) is 45.0 Å². The number of hydrogen-bond acceptors (Lipinski definition) is 4. The first kappa shape index (κ1) is 16.3. The van der Waals surface area contributed by atoms with Crippen molar-refractivity contribution < 1.29 is 17.9 Å². The fourth-order valence-corrected chi connectivity index (χ4v) is 1.87.